The molecule has 0 aliphatic rings. The molecular formula is C13H20N4O3. The second-order valence-electron chi connectivity index (χ2n) is 5.66. The van der Waals surface area contributed by atoms with Crippen molar-refractivity contribution in [1.29, 1.82) is 0 Å². The van der Waals surface area contributed by atoms with E-state index in [0.717, 1.165) is 11.0 Å². The Morgan fingerprint density at radius 2 is 2.00 bits per heavy atom. The molecule has 20 heavy (non-hydrogen) atoms. The number of aliphatic hydroxyl groups is 1. The van der Waals surface area contributed by atoms with Crippen LogP contribution < -0.4 is 11.2 Å². The Hall–Kier alpha value is -1.89. The average molecular weight is 280 g/mol. The first-order valence-corrected chi connectivity index (χ1v) is 6.63. The van der Waals surface area contributed by atoms with Crippen molar-refractivity contribution in [3.05, 3.63) is 27.2 Å². The van der Waals surface area contributed by atoms with E-state index < -0.39 is 16.9 Å². The van der Waals surface area contributed by atoms with Gasteiger partial charge in [0.2, 0.25) is 0 Å². The van der Waals surface area contributed by atoms with E-state index in [1.165, 1.54) is 4.57 Å². The molecule has 2 aromatic heterocycles. The second kappa shape index (κ2) is 4.90. The number of rotatable bonds is 4. The summed E-state index contributed by atoms with van der Waals surface area (Å²) in [4.78, 5) is 28.9. The van der Waals surface area contributed by atoms with Crippen molar-refractivity contribution in [3.8, 4) is 0 Å². The van der Waals surface area contributed by atoms with Crippen molar-refractivity contribution in [2.45, 2.75) is 45.9 Å². The standard InChI is InChI=1S/C13H20N4O3/c1-5-6-16-8-14-10-9(16)11(18)17(7-13(2,3)20)12(19)15(10)4/h8,20H,5-7H2,1-4H3. The maximum absolute atomic E-state index is 12.5. The van der Waals surface area contributed by atoms with Gasteiger partial charge in [-0.1, -0.05) is 6.92 Å². The van der Waals surface area contributed by atoms with E-state index >= 15 is 0 Å². The number of aromatic nitrogens is 4. The van der Waals surface area contributed by atoms with E-state index in [2.05, 4.69) is 4.98 Å². The van der Waals surface area contributed by atoms with E-state index in [-0.39, 0.29) is 6.54 Å². The van der Waals surface area contributed by atoms with Crippen molar-refractivity contribution in [3.63, 3.8) is 0 Å². The summed E-state index contributed by atoms with van der Waals surface area (Å²) < 4.78 is 4.16. The molecule has 2 heterocycles. The van der Waals surface area contributed by atoms with Crippen molar-refractivity contribution < 1.29 is 5.11 Å². The van der Waals surface area contributed by atoms with Gasteiger partial charge in [0.05, 0.1) is 18.5 Å². The third-order valence-electron chi connectivity index (χ3n) is 3.11. The largest absolute Gasteiger partial charge is 0.389 e. The molecule has 0 atom stereocenters. The highest BCUT2D eigenvalue weighted by Gasteiger charge is 2.21. The molecule has 0 aliphatic heterocycles. The highest BCUT2D eigenvalue weighted by molar-refractivity contribution is 5.69. The first-order valence-electron chi connectivity index (χ1n) is 6.63. The number of fused-ring (bicyclic) bond motifs is 1. The van der Waals surface area contributed by atoms with Gasteiger partial charge < -0.3 is 9.67 Å². The molecule has 0 aliphatic carbocycles. The van der Waals surface area contributed by atoms with Crippen molar-refractivity contribution in [2.75, 3.05) is 0 Å². The van der Waals surface area contributed by atoms with Crippen LogP contribution >= 0.6 is 0 Å². The highest BCUT2D eigenvalue weighted by atomic mass is 16.3. The molecule has 0 bridgehead atoms. The van der Waals surface area contributed by atoms with Gasteiger partial charge in [-0.3, -0.25) is 13.9 Å². The van der Waals surface area contributed by atoms with Gasteiger partial charge in [-0.15, -0.1) is 0 Å². The van der Waals surface area contributed by atoms with Gasteiger partial charge in [0.25, 0.3) is 5.56 Å². The Morgan fingerprint density at radius 3 is 2.55 bits per heavy atom. The molecule has 0 saturated heterocycles. The minimum atomic E-state index is -1.14. The van der Waals surface area contributed by atoms with Crippen LogP contribution in [0.2, 0.25) is 0 Å². The van der Waals surface area contributed by atoms with Crippen LogP contribution in [0.5, 0.6) is 0 Å². The lowest BCUT2D eigenvalue weighted by Crippen LogP contribution is -2.44. The Kier molecular flexibility index (Phi) is 3.56. The molecular weight excluding hydrogens is 260 g/mol. The Balaban J connectivity index is 2.79. The molecule has 2 rings (SSSR count). The van der Waals surface area contributed by atoms with Crippen LogP contribution in [0.4, 0.5) is 0 Å². The summed E-state index contributed by atoms with van der Waals surface area (Å²) in [6, 6.07) is 0. The van der Waals surface area contributed by atoms with Crippen LogP contribution in [0.25, 0.3) is 11.2 Å². The summed E-state index contributed by atoms with van der Waals surface area (Å²) in [5.74, 6) is 0. The first kappa shape index (κ1) is 14.5. The number of aryl methyl sites for hydroxylation is 2. The fourth-order valence-corrected chi connectivity index (χ4v) is 2.26. The lowest BCUT2D eigenvalue weighted by atomic mass is 10.1. The zero-order valence-corrected chi connectivity index (χ0v) is 12.3. The summed E-state index contributed by atoms with van der Waals surface area (Å²) in [6.07, 6.45) is 2.43. The fourth-order valence-electron chi connectivity index (χ4n) is 2.26. The number of hydrogen-bond donors (Lipinski definition) is 1. The molecule has 0 fully saturated rings. The van der Waals surface area contributed by atoms with Gasteiger partial charge in [0, 0.05) is 13.6 Å². The molecule has 1 N–H and O–H groups in total. The quantitative estimate of drug-likeness (QED) is 0.859. The molecule has 0 aromatic carbocycles. The van der Waals surface area contributed by atoms with Gasteiger partial charge in [-0.25, -0.2) is 9.78 Å². The minimum Gasteiger partial charge on any atom is -0.389 e. The molecule has 7 nitrogen and oxygen atoms in total. The molecule has 0 spiro atoms. The van der Waals surface area contributed by atoms with Crippen LogP contribution in [-0.2, 0) is 20.1 Å². The van der Waals surface area contributed by atoms with Crippen molar-refractivity contribution >= 4 is 11.2 Å². The van der Waals surface area contributed by atoms with Crippen LogP contribution in [0.15, 0.2) is 15.9 Å². The molecule has 0 saturated carbocycles. The normalized spacial score (nSPS) is 12.2. The maximum Gasteiger partial charge on any atom is 0.332 e. The number of nitrogens with zero attached hydrogens (tertiary/aromatic N) is 4. The summed E-state index contributed by atoms with van der Waals surface area (Å²) in [7, 11) is 1.58. The van der Waals surface area contributed by atoms with Crippen LogP contribution in [0.3, 0.4) is 0 Å². The third-order valence-corrected chi connectivity index (χ3v) is 3.11. The third kappa shape index (κ3) is 2.40. The average Bonchev–Trinajstić information content (AvgIpc) is 2.75. The fraction of sp³-hybridized carbons (Fsp3) is 0.615. The van der Waals surface area contributed by atoms with Gasteiger partial charge >= 0.3 is 5.69 Å². The zero-order valence-electron chi connectivity index (χ0n) is 12.3. The minimum absolute atomic E-state index is 0.0498. The van der Waals surface area contributed by atoms with Crippen LogP contribution in [0, 0.1) is 0 Å². The Labute approximate surface area is 116 Å². The van der Waals surface area contributed by atoms with E-state index in [0.29, 0.717) is 17.7 Å². The zero-order chi connectivity index (χ0) is 15.1. The Morgan fingerprint density at radius 1 is 1.35 bits per heavy atom. The van der Waals surface area contributed by atoms with Gasteiger partial charge in [-0.05, 0) is 20.3 Å². The molecule has 2 aromatic rings. The predicted octanol–water partition coefficient (Wildman–Crippen LogP) is 0.0776. The van der Waals surface area contributed by atoms with Crippen LogP contribution in [0.1, 0.15) is 27.2 Å². The van der Waals surface area contributed by atoms with Crippen LogP contribution in [-0.4, -0.2) is 29.4 Å². The van der Waals surface area contributed by atoms with E-state index in [1.807, 2.05) is 6.92 Å². The second-order valence-corrected chi connectivity index (χ2v) is 5.66. The van der Waals surface area contributed by atoms with Gasteiger partial charge in [0.1, 0.15) is 0 Å². The van der Waals surface area contributed by atoms with E-state index in [4.69, 9.17) is 0 Å². The Bertz CT molecular complexity index is 746. The van der Waals surface area contributed by atoms with Crippen molar-refractivity contribution in [2.24, 2.45) is 7.05 Å². The van der Waals surface area contributed by atoms with Gasteiger partial charge in [0.15, 0.2) is 11.2 Å². The number of imidazole rings is 1. The van der Waals surface area contributed by atoms with Crippen molar-refractivity contribution in [1.82, 2.24) is 18.7 Å². The monoisotopic (exact) mass is 280 g/mol. The molecule has 110 valence electrons. The van der Waals surface area contributed by atoms with E-state index in [9.17, 15) is 14.7 Å². The lowest BCUT2D eigenvalue weighted by Gasteiger charge is -2.18. The molecule has 0 radical (unpaired) electrons. The lowest BCUT2D eigenvalue weighted by molar-refractivity contribution is 0.0588. The first-order chi connectivity index (χ1) is 9.26. The highest BCUT2D eigenvalue weighted by Crippen LogP contribution is 2.08. The molecule has 0 unspecified atom stereocenters. The maximum atomic E-state index is 12.5. The topological polar surface area (TPSA) is 82.1 Å². The summed E-state index contributed by atoms with van der Waals surface area (Å²) in [5, 5.41) is 9.88. The van der Waals surface area contributed by atoms with Gasteiger partial charge in [-0.2, -0.15) is 0 Å². The number of hydrogen-bond acceptors (Lipinski definition) is 4. The smallest absolute Gasteiger partial charge is 0.332 e. The summed E-state index contributed by atoms with van der Waals surface area (Å²) >= 11 is 0. The molecule has 0 amide bonds. The summed E-state index contributed by atoms with van der Waals surface area (Å²) in [5.41, 5.74) is -1.24. The summed E-state index contributed by atoms with van der Waals surface area (Å²) in [6.45, 7) is 5.74. The molecule has 7 heteroatoms. The predicted molar refractivity (Wildman–Crippen MR) is 75.8 cm³/mol. The SMILES string of the molecule is CCCn1cnc2c1c(=O)n(CC(C)(C)O)c(=O)n2C. The van der Waals surface area contributed by atoms with E-state index in [1.54, 1.807) is 31.8 Å².